The van der Waals surface area contributed by atoms with Gasteiger partial charge >= 0.3 is 12.4 Å². The van der Waals surface area contributed by atoms with Crippen LogP contribution in [0.4, 0.5) is 32.0 Å². The van der Waals surface area contributed by atoms with E-state index in [-0.39, 0.29) is 24.3 Å². The van der Waals surface area contributed by atoms with Crippen molar-refractivity contribution in [1.82, 2.24) is 14.7 Å². The van der Waals surface area contributed by atoms with Crippen LogP contribution in [0.15, 0.2) is 42.5 Å². The fourth-order valence-corrected chi connectivity index (χ4v) is 4.66. The van der Waals surface area contributed by atoms with Crippen LogP contribution in [0.25, 0.3) is 11.3 Å². The first kappa shape index (κ1) is 27.9. The summed E-state index contributed by atoms with van der Waals surface area (Å²) in [6.45, 7) is 0.855. The molecular weight excluding hydrogens is 561 g/mol. The smallest absolute Gasteiger partial charge is 0.436 e. The number of benzene rings is 2. The van der Waals surface area contributed by atoms with E-state index in [2.05, 4.69) is 5.10 Å². The van der Waals surface area contributed by atoms with Gasteiger partial charge in [0.25, 0.3) is 0 Å². The number of hydrogen-bond donors (Lipinski definition) is 0. The Hall–Kier alpha value is -3.12. The SMILES string of the molecule is COc1cc(N2CCN(C(=O)Cn3nc(C(F)(F)F)c(Cl)c3-c3ccc(C(F)(F)F)cc3)CC2)ccc1Cl. The van der Waals surface area contributed by atoms with Crippen LogP contribution < -0.4 is 9.64 Å². The van der Waals surface area contributed by atoms with Gasteiger partial charge in [0.2, 0.25) is 5.91 Å². The molecule has 14 heteroatoms. The standard InChI is InChI=1S/C24H20Cl2F6N4O2/c1-38-18-12-16(6-7-17(18)25)34-8-10-35(11-9-34)19(37)13-36-21(20(26)22(33-36)24(30,31)32)14-2-4-15(5-3-14)23(27,28)29/h2-7,12H,8-11,13H2,1H3. The zero-order valence-electron chi connectivity index (χ0n) is 19.7. The molecule has 4 rings (SSSR count). The molecule has 1 amide bonds. The monoisotopic (exact) mass is 580 g/mol. The molecule has 1 aliphatic heterocycles. The number of alkyl halides is 6. The molecule has 0 aliphatic carbocycles. The zero-order chi connectivity index (χ0) is 27.8. The number of carbonyl (C=O) groups is 1. The van der Waals surface area contributed by atoms with Crippen LogP contribution in [0.1, 0.15) is 11.3 Å². The van der Waals surface area contributed by atoms with E-state index >= 15 is 0 Å². The van der Waals surface area contributed by atoms with Crippen LogP contribution >= 0.6 is 23.2 Å². The molecular formula is C24H20Cl2F6N4O2. The number of amides is 1. The Morgan fingerprint density at radius 2 is 1.58 bits per heavy atom. The maximum atomic E-state index is 13.5. The third-order valence-electron chi connectivity index (χ3n) is 6.07. The Balaban J connectivity index is 1.54. The van der Waals surface area contributed by atoms with E-state index in [1.807, 2.05) is 11.0 Å². The summed E-state index contributed by atoms with van der Waals surface area (Å²) in [6, 6.07) is 8.70. The van der Waals surface area contributed by atoms with Crippen molar-refractivity contribution in [2.75, 3.05) is 38.2 Å². The lowest BCUT2D eigenvalue weighted by atomic mass is 10.1. The fraction of sp³-hybridized carbons (Fsp3) is 0.333. The molecule has 6 nitrogen and oxygen atoms in total. The van der Waals surface area contributed by atoms with Gasteiger partial charge in [0.15, 0.2) is 5.69 Å². The number of carbonyl (C=O) groups excluding carboxylic acids is 1. The van der Waals surface area contributed by atoms with Crippen molar-refractivity contribution in [3.63, 3.8) is 0 Å². The number of hydrogen-bond acceptors (Lipinski definition) is 4. The summed E-state index contributed by atoms with van der Waals surface area (Å²) in [6.07, 6.45) is -9.56. The number of piperazine rings is 1. The van der Waals surface area contributed by atoms with E-state index in [4.69, 9.17) is 27.9 Å². The van der Waals surface area contributed by atoms with E-state index in [0.717, 1.165) is 34.6 Å². The van der Waals surface area contributed by atoms with Gasteiger partial charge in [-0.05, 0) is 24.3 Å². The summed E-state index contributed by atoms with van der Waals surface area (Å²) in [5.74, 6) is -0.0195. The lowest BCUT2D eigenvalue weighted by molar-refractivity contribution is -0.142. The molecule has 204 valence electrons. The summed E-state index contributed by atoms with van der Waals surface area (Å²) in [4.78, 5) is 16.5. The minimum atomic E-state index is -4.93. The van der Waals surface area contributed by atoms with E-state index in [1.54, 1.807) is 12.1 Å². The van der Waals surface area contributed by atoms with Crippen LogP contribution in [0.2, 0.25) is 10.0 Å². The number of anilines is 1. The molecule has 0 unspecified atom stereocenters. The molecule has 0 atom stereocenters. The minimum Gasteiger partial charge on any atom is -0.495 e. The molecule has 38 heavy (non-hydrogen) atoms. The minimum absolute atomic E-state index is 0.0414. The second-order valence-corrected chi connectivity index (χ2v) is 9.21. The predicted octanol–water partition coefficient (Wildman–Crippen LogP) is 6.25. The quantitative estimate of drug-likeness (QED) is 0.335. The number of nitrogens with zero attached hydrogens (tertiary/aromatic N) is 4. The normalized spacial score (nSPS) is 14.7. The second-order valence-electron chi connectivity index (χ2n) is 8.43. The highest BCUT2D eigenvalue weighted by Gasteiger charge is 2.40. The maximum Gasteiger partial charge on any atom is 0.436 e. The molecule has 2 aromatic carbocycles. The van der Waals surface area contributed by atoms with Crippen molar-refractivity contribution in [3.05, 3.63) is 63.8 Å². The van der Waals surface area contributed by atoms with Gasteiger partial charge in [-0.15, -0.1) is 0 Å². The Labute approximate surface area is 223 Å². The maximum absolute atomic E-state index is 13.5. The Bertz CT molecular complexity index is 1320. The predicted molar refractivity (Wildman–Crippen MR) is 129 cm³/mol. The van der Waals surface area contributed by atoms with Gasteiger partial charge in [-0.2, -0.15) is 31.4 Å². The third-order valence-corrected chi connectivity index (χ3v) is 6.74. The lowest BCUT2D eigenvalue weighted by Gasteiger charge is -2.36. The first-order valence-electron chi connectivity index (χ1n) is 11.2. The van der Waals surface area contributed by atoms with Gasteiger partial charge in [-0.25, -0.2) is 0 Å². The number of halogens is 8. The molecule has 1 saturated heterocycles. The van der Waals surface area contributed by atoms with Crippen molar-refractivity contribution in [2.24, 2.45) is 0 Å². The molecule has 0 saturated carbocycles. The molecule has 0 bridgehead atoms. The summed E-state index contributed by atoms with van der Waals surface area (Å²) in [5.41, 5.74) is -1.92. The molecule has 1 fully saturated rings. The van der Waals surface area contributed by atoms with Crippen molar-refractivity contribution < 1.29 is 35.9 Å². The average molecular weight is 581 g/mol. The third kappa shape index (κ3) is 5.80. The van der Waals surface area contributed by atoms with Gasteiger partial charge < -0.3 is 14.5 Å². The Morgan fingerprint density at radius 1 is 0.947 bits per heavy atom. The van der Waals surface area contributed by atoms with E-state index < -0.39 is 41.1 Å². The Morgan fingerprint density at radius 3 is 2.13 bits per heavy atom. The van der Waals surface area contributed by atoms with Crippen LogP contribution in [0.5, 0.6) is 5.75 Å². The second kappa shape index (κ2) is 10.6. The molecule has 1 aliphatic rings. The van der Waals surface area contributed by atoms with Gasteiger partial charge in [-0.1, -0.05) is 35.3 Å². The molecule has 2 heterocycles. The van der Waals surface area contributed by atoms with E-state index in [1.165, 1.54) is 12.0 Å². The fourth-order valence-electron chi connectivity index (χ4n) is 4.12. The first-order valence-corrected chi connectivity index (χ1v) is 11.9. The van der Waals surface area contributed by atoms with Gasteiger partial charge in [-0.3, -0.25) is 9.48 Å². The summed E-state index contributed by atoms with van der Waals surface area (Å²) in [5, 5.41) is 3.16. The molecule has 3 aromatic rings. The van der Waals surface area contributed by atoms with Crippen molar-refractivity contribution in [2.45, 2.75) is 18.9 Å². The van der Waals surface area contributed by atoms with Crippen molar-refractivity contribution in [3.8, 4) is 17.0 Å². The molecule has 0 radical (unpaired) electrons. The van der Waals surface area contributed by atoms with Gasteiger partial charge in [0, 0.05) is 43.5 Å². The van der Waals surface area contributed by atoms with Crippen LogP contribution in [-0.2, 0) is 23.7 Å². The van der Waals surface area contributed by atoms with E-state index in [9.17, 15) is 31.1 Å². The van der Waals surface area contributed by atoms with Crippen molar-refractivity contribution >= 4 is 34.8 Å². The zero-order valence-corrected chi connectivity index (χ0v) is 21.2. The van der Waals surface area contributed by atoms with Gasteiger partial charge in [0.05, 0.1) is 28.4 Å². The summed E-state index contributed by atoms with van der Waals surface area (Å²) >= 11 is 12.1. The molecule has 0 N–H and O–H groups in total. The summed E-state index contributed by atoms with van der Waals surface area (Å²) < 4.78 is 85.4. The van der Waals surface area contributed by atoms with E-state index in [0.29, 0.717) is 23.9 Å². The first-order chi connectivity index (χ1) is 17.8. The summed E-state index contributed by atoms with van der Waals surface area (Å²) in [7, 11) is 1.49. The number of aromatic nitrogens is 2. The Kier molecular flexibility index (Phi) is 7.76. The number of methoxy groups -OCH3 is 1. The average Bonchev–Trinajstić information content (AvgIpc) is 3.20. The van der Waals surface area contributed by atoms with Crippen LogP contribution in [-0.4, -0.2) is 53.9 Å². The van der Waals surface area contributed by atoms with Gasteiger partial charge in [0.1, 0.15) is 12.3 Å². The lowest BCUT2D eigenvalue weighted by Crippen LogP contribution is -2.49. The number of rotatable bonds is 5. The highest BCUT2D eigenvalue weighted by atomic mass is 35.5. The number of ether oxygens (including phenoxy) is 1. The highest BCUT2D eigenvalue weighted by molar-refractivity contribution is 6.34. The molecule has 0 spiro atoms. The van der Waals surface area contributed by atoms with Crippen LogP contribution in [0.3, 0.4) is 0 Å². The molecule has 1 aromatic heterocycles. The van der Waals surface area contributed by atoms with Crippen molar-refractivity contribution in [1.29, 1.82) is 0 Å². The topological polar surface area (TPSA) is 50.6 Å². The highest BCUT2D eigenvalue weighted by Crippen LogP contribution is 2.40. The van der Waals surface area contributed by atoms with Crippen LogP contribution in [0, 0.1) is 0 Å². The largest absolute Gasteiger partial charge is 0.495 e.